The predicted octanol–water partition coefficient (Wildman–Crippen LogP) is 4.87. The number of likely N-dealkylation sites (tertiary alicyclic amines) is 1. The molecule has 37 heavy (non-hydrogen) atoms. The molecule has 1 saturated heterocycles. The van der Waals surface area contributed by atoms with E-state index < -0.39 is 40.6 Å². The van der Waals surface area contributed by atoms with Crippen LogP contribution in [0.15, 0.2) is 54.1 Å². The highest BCUT2D eigenvalue weighted by atomic mass is 19.1. The number of Topliss-reactive ketones (excluding diaryl/α,β-unsaturated/α-hetero) is 1. The molecule has 9 atom stereocenters. The highest BCUT2D eigenvalue weighted by Gasteiger charge is 2.78. The van der Waals surface area contributed by atoms with Crippen molar-refractivity contribution in [2.24, 2.45) is 39.4 Å². The summed E-state index contributed by atoms with van der Waals surface area (Å²) in [6, 6.07) is 10.1. The van der Waals surface area contributed by atoms with Crippen LogP contribution in [0.1, 0.15) is 45.6 Å². The standard InChI is InChI=1S/C31H37F2NO3/c1-28-10-9-21(35)11-22(28)24(33)12-23-27(28)25(36)14-30(3)29(23,2)13-20-17-34(16-19-7-5-4-6-8-19)18-31(20,30)26(37)15-32/h4-11,20,23-25,27,36H,12-18H2,1-3H3. The van der Waals surface area contributed by atoms with Crippen LogP contribution in [0.5, 0.6) is 0 Å². The van der Waals surface area contributed by atoms with Gasteiger partial charge >= 0.3 is 0 Å². The number of nitrogens with zero attached hydrogens (tertiary/aromatic N) is 1. The zero-order valence-corrected chi connectivity index (χ0v) is 21.9. The molecule has 4 fully saturated rings. The number of fused-ring (bicyclic) bond motifs is 7. The monoisotopic (exact) mass is 509 g/mol. The number of aliphatic hydroxyl groups excluding tert-OH is 1. The fraction of sp³-hybridized carbons (Fsp3) is 0.613. The van der Waals surface area contributed by atoms with Gasteiger partial charge in [0, 0.05) is 31.0 Å². The van der Waals surface area contributed by atoms with E-state index in [2.05, 4.69) is 30.9 Å². The van der Waals surface area contributed by atoms with E-state index >= 15 is 4.39 Å². The number of aliphatic hydroxyl groups is 1. The molecule has 0 amide bonds. The van der Waals surface area contributed by atoms with Gasteiger partial charge in [0.2, 0.25) is 0 Å². The van der Waals surface area contributed by atoms with Gasteiger partial charge in [-0.1, -0.05) is 57.2 Å². The molecular formula is C31H37F2NO3. The minimum absolute atomic E-state index is 0.0494. The molecule has 6 rings (SSSR count). The van der Waals surface area contributed by atoms with Crippen LogP contribution >= 0.6 is 0 Å². The number of allylic oxidation sites excluding steroid dienone is 4. The average Bonchev–Trinajstić information content (AvgIpc) is 3.30. The lowest BCUT2D eigenvalue weighted by atomic mass is 9.39. The summed E-state index contributed by atoms with van der Waals surface area (Å²) in [5, 5.41) is 11.8. The van der Waals surface area contributed by atoms with Gasteiger partial charge in [0.05, 0.1) is 11.5 Å². The van der Waals surface area contributed by atoms with Crippen LogP contribution in [0.25, 0.3) is 0 Å². The number of alkyl halides is 2. The first-order valence-electron chi connectivity index (χ1n) is 13.6. The van der Waals surface area contributed by atoms with Crippen LogP contribution < -0.4 is 0 Å². The number of hydrogen-bond donors (Lipinski definition) is 1. The summed E-state index contributed by atoms with van der Waals surface area (Å²) in [5.41, 5.74) is -1.17. The lowest BCUT2D eigenvalue weighted by Crippen LogP contribution is -2.65. The molecule has 1 heterocycles. The Morgan fingerprint density at radius 3 is 2.59 bits per heavy atom. The first-order chi connectivity index (χ1) is 17.5. The summed E-state index contributed by atoms with van der Waals surface area (Å²) < 4.78 is 30.2. The highest BCUT2D eigenvalue weighted by molar-refractivity contribution is 6.01. The van der Waals surface area contributed by atoms with Crippen molar-refractivity contribution in [3.8, 4) is 0 Å². The summed E-state index contributed by atoms with van der Waals surface area (Å²) in [6.07, 6.45) is 3.94. The molecule has 4 aliphatic carbocycles. The van der Waals surface area contributed by atoms with Crippen molar-refractivity contribution >= 4 is 11.6 Å². The Kier molecular flexibility index (Phi) is 5.54. The predicted molar refractivity (Wildman–Crippen MR) is 137 cm³/mol. The average molecular weight is 510 g/mol. The number of hydrogen-bond acceptors (Lipinski definition) is 4. The SMILES string of the molecule is CC12C=CC(=O)C=C1C(F)CC1C2C(O)CC2(C)C1(C)CC1CN(Cc3ccccc3)CC12C(=O)CF. The lowest BCUT2D eigenvalue weighted by Gasteiger charge is -2.65. The number of ketones is 2. The van der Waals surface area contributed by atoms with Crippen LogP contribution in [0.3, 0.4) is 0 Å². The largest absolute Gasteiger partial charge is 0.393 e. The minimum atomic E-state index is -1.28. The molecule has 1 aromatic carbocycles. The third kappa shape index (κ3) is 3.12. The molecule has 0 radical (unpaired) electrons. The van der Waals surface area contributed by atoms with E-state index in [0.29, 0.717) is 38.0 Å². The van der Waals surface area contributed by atoms with Gasteiger partial charge < -0.3 is 5.11 Å². The minimum Gasteiger partial charge on any atom is -0.393 e. The van der Waals surface area contributed by atoms with E-state index in [1.54, 1.807) is 6.08 Å². The van der Waals surface area contributed by atoms with E-state index in [9.17, 15) is 19.1 Å². The summed E-state index contributed by atoms with van der Waals surface area (Å²) in [6.45, 7) is 7.01. The Bertz CT molecular complexity index is 1200. The van der Waals surface area contributed by atoms with Gasteiger partial charge in [-0.2, -0.15) is 0 Å². The maximum absolute atomic E-state index is 15.8. The maximum Gasteiger partial charge on any atom is 0.178 e. The van der Waals surface area contributed by atoms with Crippen molar-refractivity contribution < 1.29 is 23.5 Å². The molecular weight excluding hydrogens is 472 g/mol. The van der Waals surface area contributed by atoms with Crippen LogP contribution in [-0.4, -0.2) is 53.6 Å². The fourth-order valence-electron chi connectivity index (χ4n) is 10.0. The second-order valence-electron chi connectivity index (χ2n) is 13.1. The molecule has 0 aromatic heterocycles. The quantitative estimate of drug-likeness (QED) is 0.629. The normalized spacial score (nSPS) is 46.6. The van der Waals surface area contributed by atoms with Gasteiger partial charge in [-0.25, -0.2) is 8.78 Å². The number of benzene rings is 1. The van der Waals surface area contributed by atoms with Crippen LogP contribution in [0.4, 0.5) is 8.78 Å². The molecule has 3 saturated carbocycles. The molecule has 1 aromatic rings. The van der Waals surface area contributed by atoms with Crippen molar-refractivity contribution in [2.75, 3.05) is 19.8 Å². The molecule has 6 heteroatoms. The lowest BCUT2D eigenvalue weighted by molar-refractivity contribution is -0.189. The van der Waals surface area contributed by atoms with E-state index in [1.165, 1.54) is 12.2 Å². The van der Waals surface area contributed by atoms with E-state index in [0.717, 1.165) is 5.56 Å². The first-order valence-corrected chi connectivity index (χ1v) is 13.6. The number of carbonyl (C=O) groups excluding carboxylic acids is 2. The van der Waals surface area contributed by atoms with Crippen molar-refractivity contribution in [2.45, 2.75) is 58.9 Å². The van der Waals surface area contributed by atoms with E-state index in [4.69, 9.17) is 0 Å². The van der Waals surface area contributed by atoms with Gasteiger partial charge in [0.1, 0.15) is 12.8 Å². The summed E-state index contributed by atoms with van der Waals surface area (Å²) in [5.74, 6) is -1.07. The van der Waals surface area contributed by atoms with Gasteiger partial charge in [-0.3, -0.25) is 14.5 Å². The van der Waals surface area contributed by atoms with Crippen molar-refractivity contribution in [1.82, 2.24) is 4.90 Å². The van der Waals surface area contributed by atoms with Crippen LogP contribution in [0.2, 0.25) is 0 Å². The van der Waals surface area contributed by atoms with Crippen molar-refractivity contribution in [3.05, 3.63) is 59.7 Å². The topological polar surface area (TPSA) is 57.6 Å². The molecule has 1 aliphatic heterocycles. The summed E-state index contributed by atoms with van der Waals surface area (Å²) in [4.78, 5) is 28.1. The Labute approximate surface area is 217 Å². The molecule has 198 valence electrons. The Hall–Kier alpha value is -2.18. The zero-order chi connectivity index (χ0) is 26.4. The third-order valence-corrected chi connectivity index (χ3v) is 11.7. The number of carbonyl (C=O) groups is 2. The zero-order valence-electron chi connectivity index (χ0n) is 21.9. The Morgan fingerprint density at radius 1 is 1.16 bits per heavy atom. The molecule has 0 spiro atoms. The second kappa shape index (κ2) is 8.16. The molecule has 4 nitrogen and oxygen atoms in total. The second-order valence-corrected chi connectivity index (χ2v) is 13.1. The molecule has 0 bridgehead atoms. The molecule has 5 aliphatic rings. The van der Waals surface area contributed by atoms with Gasteiger partial charge in [-0.15, -0.1) is 0 Å². The van der Waals surface area contributed by atoms with Gasteiger partial charge in [-0.05, 0) is 65.2 Å². The van der Waals surface area contributed by atoms with Crippen molar-refractivity contribution in [1.29, 1.82) is 0 Å². The van der Waals surface area contributed by atoms with E-state index in [-0.39, 0.29) is 35.7 Å². The van der Waals surface area contributed by atoms with Crippen LogP contribution in [0, 0.1) is 39.4 Å². The smallest absolute Gasteiger partial charge is 0.178 e. The number of halogens is 2. The number of rotatable bonds is 4. The fourth-order valence-corrected chi connectivity index (χ4v) is 10.0. The summed E-state index contributed by atoms with van der Waals surface area (Å²) in [7, 11) is 0. The third-order valence-electron chi connectivity index (χ3n) is 11.7. The maximum atomic E-state index is 15.8. The summed E-state index contributed by atoms with van der Waals surface area (Å²) >= 11 is 0. The van der Waals surface area contributed by atoms with E-state index in [1.807, 2.05) is 25.1 Å². The Balaban J connectivity index is 1.42. The van der Waals surface area contributed by atoms with Crippen LogP contribution in [-0.2, 0) is 16.1 Å². The van der Waals surface area contributed by atoms with Gasteiger partial charge in [0.25, 0.3) is 0 Å². The highest BCUT2D eigenvalue weighted by Crippen LogP contribution is 2.77. The molecule has 9 unspecified atom stereocenters. The van der Waals surface area contributed by atoms with Crippen molar-refractivity contribution in [3.63, 3.8) is 0 Å². The Morgan fingerprint density at radius 2 is 1.89 bits per heavy atom. The van der Waals surface area contributed by atoms with Gasteiger partial charge in [0.15, 0.2) is 11.6 Å². The first kappa shape index (κ1) is 25.1. The molecule has 1 N–H and O–H groups in total.